The normalized spacial score (nSPS) is 9.58. The Morgan fingerprint density at radius 1 is 1.42 bits per heavy atom. The number of rotatable bonds is 2. The summed E-state index contributed by atoms with van der Waals surface area (Å²) in [7, 11) is 0. The number of benzene rings is 1. The standard InChI is InChI=1S/C14H12ClN3O/c15-11-6-5-10(3-1-7-16)13(9-11)18-14(19)12-4-2-8-17-12/h2,4-6,8-9,17H,7,16H2,(H,18,19). The van der Waals surface area contributed by atoms with Crippen LogP contribution in [0.3, 0.4) is 0 Å². The van der Waals surface area contributed by atoms with E-state index in [1.807, 2.05) is 0 Å². The Morgan fingerprint density at radius 3 is 2.95 bits per heavy atom. The van der Waals surface area contributed by atoms with Gasteiger partial charge in [-0.25, -0.2) is 0 Å². The zero-order chi connectivity index (χ0) is 13.7. The van der Waals surface area contributed by atoms with Gasteiger partial charge in [0.1, 0.15) is 5.69 Å². The summed E-state index contributed by atoms with van der Waals surface area (Å²) in [5.41, 5.74) is 7.05. The fourth-order valence-corrected chi connectivity index (χ4v) is 1.71. The van der Waals surface area contributed by atoms with Crippen molar-refractivity contribution >= 4 is 23.2 Å². The number of nitrogens with two attached hydrogens (primary N) is 1. The van der Waals surface area contributed by atoms with E-state index in [0.717, 1.165) is 0 Å². The van der Waals surface area contributed by atoms with Crippen LogP contribution in [0.4, 0.5) is 5.69 Å². The van der Waals surface area contributed by atoms with Crippen LogP contribution in [-0.2, 0) is 0 Å². The van der Waals surface area contributed by atoms with E-state index in [4.69, 9.17) is 17.3 Å². The van der Waals surface area contributed by atoms with Gasteiger partial charge in [-0.05, 0) is 30.3 Å². The topological polar surface area (TPSA) is 70.9 Å². The van der Waals surface area contributed by atoms with Crippen LogP contribution in [0.15, 0.2) is 36.5 Å². The number of hydrogen-bond donors (Lipinski definition) is 3. The van der Waals surface area contributed by atoms with Crippen molar-refractivity contribution in [3.63, 3.8) is 0 Å². The van der Waals surface area contributed by atoms with Gasteiger partial charge in [-0.15, -0.1) is 0 Å². The highest BCUT2D eigenvalue weighted by Gasteiger charge is 2.09. The number of amides is 1. The Balaban J connectivity index is 2.28. The summed E-state index contributed by atoms with van der Waals surface area (Å²) in [6.07, 6.45) is 1.68. The zero-order valence-corrected chi connectivity index (χ0v) is 10.8. The average Bonchev–Trinajstić information content (AvgIpc) is 2.92. The van der Waals surface area contributed by atoms with Gasteiger partial charge in [0.2, 0.25) is 0 Å². The maximum absolute atomic E-state index is 12.0. The van der Waals surface area contributed by atoms with Gasteiger partial charge >= 0.3 is 0 Å². The molecular formula is C14H12ClN3O. The number of nitrogens with one attached hydrogen (secondary N) is 2. The molecule has 5 heteroatoms. The first-order valence-corrected chi connectivity index (χ1v) is 6.01. The van der Waals surface area contributed by atoms with Gasteiger partial charge in [0, 0.05) is 16.8 Å². The van der Waals surface area contributed by atoms with E-state index in [2.05, 4.69) is 22.1 Å². The van der Waals surface area contributed by atoms with E-state index in [-0.39, 0.29) is 12.5 Å². The minimum atomic E-state index is -0.247. The molecule has 2 rings (SSSR count). The number of hydrogen-bond acceptors (Lipinski definition) is 2. The molecule has 2 aromatic rings. The lowest BCUT2D eigenvalue weighted by Crippen LogP contribution is -2.13. The summed E-state index contributed by atoms with van der Waals surface area (Å²) in [5, 5.41) is 3.29. The van der Waals surface area contributed by atoms with Crippen molar-refractivity contribution in [3.8, 4) is 11.8 Å². The predicted octanol–water partition coefficient (Wildman–Crippen LogP) is 2.23. The molecule has 0 radical (unpaired) electrons. The molecule has 0 saturated carbocycles. The molecule has 0 spiro atoms. The van der Waals surface area contributed by atoms with Crippen LogP contribution in [0.1, 0.15) is 16.1 Å². The number of halogens is 1. The predicted molar refractivity (Wildman–Crippen MR) is 76.1 cm³/mol. The highest BCUT2D eigenvalue weighted by molar-refractivity contribution is 6.31. The fraction of sp³-hybridized carbons (Fsp3) is 0.0714. The van der Waals surface area contributed by atoms with Gasteiger partial charge in [0.25, 0.3) is 5.91 Å². The van der Waals surface area contributed by atoms with Gasteiger partial charge in [0.15, 0.2) is 0 Å². The Labute approximate surface area is 116 Å². The molecule has 19 heavy (non-hydrogen) atoms. The van der Waals surface area contributed by atoms with Crippen LogP contribution in [0.25, 0.3) is 0 Å². The smallest absolute Gasteiger partial charge is 0.272 e. The maximum Gasteiger partial charge on any atom is 0.272 e. The molecule has 0 bridgehead atoms. The number of aromatic nitrogens is 1. The Morgan fingerprint density at radius 2 is 2.26 bits per heavy atom. The van der Waals surface area contributed by atoms with Crippen molar-refractivity contribution < 1.29 is 4.79 Å². The van der Waals surface area contributed by atoms with Crippen molar-refractivity contribution in [2.45, 2.75) is 0 Å². The van der Waals surface area contributed by atoms with Crippen molar-refractivity contribution in [2.24, 2.45) is 5.73 Å². The largest absolute Gasteiger partial charge is 0.357 e. The molecule has 0 unspecified atom stereocenters. The summed E-state index contributed by atoms with van der Waals surface area (Å²) in [5.74, 6) is 5.39. The Hall–Kier alpha value is -2.22. The van der Waals surface area contributed by atoms with E-state index in [1.165, 1.54) is 0 Å². The first-order valence-electron chi connectivity index (χ1n) is 5.64. The van der Waals surface area contributed by atoms with E-state index >= 15 is 0 Å². The van der Waals surface area contributed by atoms with E-state index < -0.39 is 0 Å². The molecule has 0 saturated heterocycles. The molecule has 0 atom stereocenters. The minimum Gasteiger partial charge on any atom is -0.357 e. The second-order valence-corrected chi connectivity index (χ2v) is 4.17. The second kappa shape index (κ2) is 6.10. The third-order valence-electron chi connectivity index (χ3n) is 2.40. The molecule has 1 aromatic carbocycles. The minimum absolute atomic E-state index is 0.247. The van der Waals surface area contributed by atoms with Crippen molar-refractivity contribution in [1.29, 1.82) is 0 Å². The maximum atomic E-state index is 12.0. The van der Waals surface area contributed by atoms with Crippen molar-refractivity contribution in [1.82, 2.24) is 4.98 Å². The number of carbonyl (C=O) groups is 1. The van der Waals surface area contributed by atoms with E-state index in [1.54, 1.807) is 36.5 Å². The van der Waals surface area contributed by atoms with Gasteiger partial charge in [-0.2, -0.15) is 0 Å². The van der Waals surface area contributed by atoms with Gasteiger partial charge in [-0.3, -0.25) is 4.79 Å². The van der Waals surface area contributed by atoms with Gasteiger partial charge in [0.05, 0.1) is 12.2 Å². The summed E-state index contributed by atoms with van der Waals surface area (Å²) in [6, 6.07) is 8.55. The van der Waals surface area contributed by atoms with Crippen LogP contribution >= 0.6 is 11.6 Å². The van der Waals surface area contributed by atoms with Crippen molar-refractivity contribution in [2.75, 3.05) is 11.9 Å². The van der Waals surface area contributed by atoms with Crippen molar-refractivity contribution in [3.05, 3.63) is 52.8 Å². The molecule has 1 aromatic heterocycles. The van der Waals surface area contributed by atoms with Crippen LogP contribution in [0.2, 0.25) is 5.02 Å². The van der Waals surface area contributed by atoms with E-state index in [0.29, 0.717) is 22.0 Å². The molecule has 1 amide bonds. The number of anilines is 1. The molecule has 1 heterocycles. The monoisotopic (exact) mass is 273 g/mol. The zero-order valence-electron chi connectivity index (χ0n) is 10.0. The molecule has 96 valence electrons. The SMILES string of the molecule is NCC#Cc1ccc(Cl)cc1NC(=O)c1ccc[nH]1. The fourth-order valence-electron chi connectivity index (χ4n) is 1.54. The Kier molecular flexibility index (Phi) is 4.24. The molecule has 4 nitrogen and oxygen atoms in total. The first-order chi connectivity index (χ1) is 9.20. The van der Waals surface area contributed by atoms with Crippen LogP contribution in [0, 0.1) is 11.8 Å². The van der Waals surface area contributed by atoms with Crippen LogP contribution in [-0.4, -0.2) is 17.4 Å². The summed E-state index contributed by atoms with van der Waals surface area (Å²) in [6.45, 7) is 0.257. The lowest BCUT2D eigenvalue weighted by Gasteiger charge is -2.07. The lowest BCUT2D eigenvalue weighted by molar-refractivity contribution is 0.102. The highest BCUT2D eigenvalue weighted by Crippen LogP contribution is 2.21. The molecular weight excluding hydrogens is 262 g/mol. The highest BCUT2D eigenvalue weighted by atomic mass is 35.5. The molecule has 0 aliphatic rings. The molecule has 4 N–H and O–H groups in total. The third kappa shape index (κ3) is 3.38. The summed E-state index contributed by atoms with van der Waals surface area (Å²) >= 11 is 5.93. The quantitative estimate of drug-likeness (QED) is 0.734. The average molecular weight is 274 g/mol. The molecule has 0 fully saturated rings. The van der Waals surface area contributed by atoms with Gasteiger partial charge in [-0.1, -0.05) is 23.4 Å². The number of H-pyrrole nitrogens is 1. The third-order valence-corrected chi connectivity index (χ3v) is 2.63. The Bertz CT molecular complexity index is 638. The number of carbonyl (C=O) groups excluding carboxylic acids is 1. The van der Waals surface area contributed by atoms with Gasteiger partial charge < -0.3 is 16.0 Å². The van der Waals surface area contributed by atoms with E-state index in [9.17, 15) is 4.79 Å². The first kappa shape index (κ1) is 13.2. The van der Waals surface area contributed by atoms with Crippen LogP contribution < -0.4 is 11.1 Å². The summed E-state index contributed by atoms with van der Waals surface area (Å²) in [4.78, 5) is 14.8. The second-order valence-electron chi connectivity index (χ2n) is 3.73. The molecule has 0 aliphatic carbocycles. The van der Waals surface area contributed by atoms with Crippen LogP contribution in [0.5, 0.6) is 0 Å². The lowest BCUT2D eigenvalue weighted by atomic mass is 10.1. The number of aromatic amines is 1. The summed E-state index contributed by atoms with van der Waals surface area (Å²) < 4.78 is 0. The molecule has 0 aliphatic heterocycles.